The first-order valence-corrected chi connectivity index (χ1v) is 11.4. The summed E-state index contributed by atoms with van der Waals surface area (Å²) in [6.45, 7) is 3.08. The highest BCUT2D eigenvalue weighted by atomic mass is 35.5. The number of para-hydroxylation sites is 1. The fourth-order valence-corrected chi connectivity index (χ4v) is 3.80. The lowest BCUT2D eigenvalue weighted by Gasteiger charge is -2.12. The molecule has 170 valence electrons. The summed E-state index contributed by atoms with van der Waals surface area (Å²) in [5.41, 5.74) is 3.45. The zero-order valence-electron chi connectivity index (χ0n) is 18.6. The number of nitrogens with one attached hydrogen (secondary N) is 2. The molecule has 3 aromatic carbocycles. The number of nitrogens with zero attached hydrogens (tertiary/aromatic N) is 4. The molecule has 2 aromatic heterocycles. The SMILES string of the molecule is CCOc1ccc(Nc2nc(NCc3ccccc3Cl)nc3c2cnn3-c2ccccc2)cc1. The minimum Gasteiger partial charge on any atom is -0.494 e. The molecule has 0 saturated heterocycles. The number of fused-ring (bicyclic) bond motifs is 1. The lowest BCUT2D eigenvalue weighted by atomic mass is 10.2. The quantitative estimate of drug-likeness (QED) is 0.280. The fraction of sp³-hybridized carbons (Fsp3) is 0.115. The molecule has 0 fully saturated rings. The van der Waals surface area contributed by atoms with Gasteiger partial charge in [0.15, 0.2) is 5.65 Å². The van der Waals surface area contributed by atoms with Crippen LogP contribution in [0.4, 0.5) is 17.5 Å². The summed E-state index contributed by atoms with van der Waals surface area (Å²) in [6, 6.07) is 25.4. The van der Waals surface area contributed by atoms with Crippen molar-refractivity contribution in [3.63, 3.8) is 0 Å². The molecule has 0 unspecified atom stereocenters. The topological polar surface area (TPSA) is 76.9 Å². The van der Waals surface area contributed by atoms with E-state index in [1.807, 2.05) is 85.8 Å². The highest BCUT2D eigenvalue weighted by molar-refractivity contribution is 6.31. The Morgan fingerprint density at radius 2 is 1.68 bits per heavy atom. The van der Waals surface area contributed by atoms with E-state index in [0.29, 0.717) is 35.6 Å². The van der Waals surface area contributed by atoms with E-state index in [2.05, 4.69) is 15.7 Å². The van der Waals surface area contributed by atoms with Crippen LogP contribution in [-0.4, -0.2) is 26.4 Å². The van der Waals surface area contributed by atoms with E-state index < -0.39 is 0 Å². The second-order valence-corrected chi connectivity index (χ2v) is 7.96. The van der Waals surface area contributed by atoms with Crippen LogP contribution in [0.1, 0.15) is 12.5 Å². The molecule has 2 heterocycles. The van der Waals surface area contributed by atoms with Gasteiger partial charge in [-0.2, -0.15) is 15.1 Å². The third-order valence-electron chi connectivity index (χ3n) is 5.25. The molecule has 0 aliphatic rings. The molecular weight excluding hydrogens is 448 g/mol. The largest absolute Gasteiger partial charge is 0.494 e. The number of hydrogen-bond acceptors (Lipinski definition) is 6. The molecule has 0 atom stereocenters. The monoisotopic (exact) mass is 470 g/mol. The van der Waals surface area contributed by atoms with E-state index >= 15 is 0 Å². The van der Waals surface area contributed by atoms with Gasteiger partial charge in [-0.05, 0) is 55.0 Å². The number of hydrogen-bond donors (Lipinski definition) is 2. The fourth-order valence-electron chi connectivity index (χ4n) is 3.59. The second kappa shape index (κ2) is 9.80. The van der Waals surface area contributed by atoms with Gasteiger partial charge in [-0.25, -0.2) is 4.68 Å². The van der Waals surface area contributed by atoms with Crippen LogP contribution in [0.15, 0.2) is 85.1 Å². The highest BCUT2D eigenvalue weighted by Gasteiger charge is 2.15. The van der Waals surface area contributed by atoms with Crippen LogP contribution >= 0.6 is 11.6 Å². The summed E-state index contributed by atoms with van der Waals surface area (Å²) < 4.78 is 7.36. The van der Waals surface area contributed by atoms with Gasteiger partial charge in [-0.3, -0.25) is 0 Å². The molecule has 5 aromatic rings. The van der Waals surface area contributed by atoms with E-state index in [1.165, 1.54) is 0 Å². The summed E-state index contributed by atoms with van der Waals surface area (Å²) >= 11 is 6.33. The maximum atomic E-state index is 6.33. The van der Waals surface area contributed by atoms with Crippen molar-refractivity contribution >= 4 is 40.1 Å². The molecular formula is C26H23ClN6O. The Morgan fingerprint density at radius 1 is 0.912 bits per heavy atom. The average molecular weight is 471 g/mol. The van der Waals surface area contributed by atoms with Crippen LogP contribution < -0.4 is 15.4 Å². The van der Waals surface area contributed by atoms with Gasteiger partial charge in [0.1, 0.15) is 11.6 Å². The van der Waals surface area contributed by atoms with Gasteiger partial charge < -0.3 is 15.4 Å². The van der Waals surface area contributed by atoms with Gasteiger partial charge in [0.05, 0.1) is 23.9 Å². The molecule has 0 aliphatic carbocycles. The molecule has 0 radical (unpaired) electrons. The number of halogens is 1. The maximum Gasteiger partial charge on any atom is 0.227 e. The molecule has 8 heteroatoms. The minimum absolute atomic E-state index is 0.471. The van der Waals surface area contributed by atoms with Crippen LogP contribution in [-0.2, 0) is 6.54 Å². The zero-order chi connectivity index (χ0) is 23.3. The molecule has 5 rings (SSSR count). The lowest BCUT2D eigenvalue weighted by molar-refractivity contribution is 0.340. The minimum atomic E-state index is 0.471. The Morgan fingerprint density at radius 3 is 2.44 bits per heavy atom. The van der Waals surface area contributed by atoms with Crippen molar-refractivity contribution in [1.29, 1.82) is 0 Å². The Kier molecular flexibility index (Phi) is 6.27. The number of ether oxygens (including phenoxy) is 1. The van der Waals surface area contributed by atoms with Gasteiger partial charge >= 0.3 is 0 Å². The number of anilines is 3. The Bertz CT molecular complexity index is 1400. The molecule has 0 spiro atoms. The molecule has 34 heavy (non-hydrogen) atoms. The van der Waals surface area contributed by atoms with Crippen LogP contribution in [0, 0.1) is 0 Å². The Balaban J connectivity index is 1.52. The second-order valence-electron chi connectivity index (χ2n) is 7.55. The summed E-state index contributed by atoms with van der Waals surface area (Å²) in [5.74, 6) is 1.94. The van der Waals surface area contributed by atoms with Gasteiger partial charge in [0.2, 0.25) is 5.95 Å². The summed E-state index contributed by atoms with van der Waals surface area (Å²) in [7, 11) is 0. The summed E-state index contributed by atoms with van der Waals surface area (Å²) in [4.78, 5) is 9.52. The van der Waals surface area contributed by atoms with E-state index in [0.717, 1.165) is 28.1 Å². The van der Waals surface area contributed by atoms with Gasteiger partial charge in [0, 0.05) is 17.3 Å². The van der Waals surface area contributed by atoms with E-state index in [4.69, 9.17) is 26.3 Å². The van der Waals surface area contributed by atoms with E-state index in [1.54, 1.807) is 10.9 Å². The lowest BCUT2D eigenvalue weighted by Crippen LogP contribution is -2.07. The maximum absolute atomic E-state index is 6.33. The summed E-state index contributed by atoms with van der Waals surface area (Å²) in [6.07, 6.45) is 1.77. The molecule has 0 saturated carbocycles. The van der Waals surface area contributed by atoms with E-state index in [-0.39, 0.29) is 0 Å². The first-order valence-electron chi connectivity index (χ1n) is 11.0. The Labute approximate surface area is 202 Å². The highest BCUT2D eigenvalue weighted by Crippen LogP contribution is 2.28. The smallest absolute Gasteiger partial charge is 0.227 e. The summed E-state index contributed by atoms with van der Waals surface area (Å²) in [5, 5.41) is 12.8. The van der Waals surface area contributed by atoms with Crippen molar-refractivity contribution in [2.24, 2.45) is 0 Å². The molecule has 0 bridgehead atoms. The van der Waals surface area contributed by atoms with Gasteiger partial charge in [-0.1, -0.05) is 48.0 Å². The zero-order valence-corrected chi connectivity index (χ0v) is 19.3. The number of aromatic nitrogens is 4. The van der Waals surface area contributed by atoms with Gasteiger partial charge in [0.25, 0.3) is 0 Å². The first-order chi connectivity index (χ1) is 16.7. The van der Waals surface area contributed by atoms with Crippen molar-refractivity contribution in [3.8, 4) is 11.4 Å². The van der Waals surface area contributed by atoms with Crippen LogP contribution in [0.5, 0.6) is 5.75 Å². The number of rotatable bonds is 8. The first kappa shape index (κ1) is 21.7. The van der Waals surface area contributed by atoms with Crippen molar-refractivity contribution < 1.29 is 4.74 Å². The molecule has 2 N–H and O–H groups in total. The molecule has 0 amide bonds. The predicted molar refractivity (Wildman–Crippen MR) is 136 cm³/mol. The van der Waals surface area contributed by atoms with Gasteiger partial charge in [-0.15, -0.1) is 0 Å². The third kappa shape index (κ3) is 4.65. The van der Waals surface area contributed by atoms with Crippen LogP contribution in [0.25, 0.3) is 16.7 Å². The average Bonchev–Trinajstić information content (AvgIpc) is 3.30. The third-order valence-corrected chi connectivity index (χ3v) is 5.62. The Hall–Kier alpha value is -4.10. The number of benzene rings is 3. The van der Waals surface area contributed by atoms with E-state index in [9.17, 15) is 0 Å². The predicted octanol–water partition coefficient (Wildman–Crippen LogP) is 6.22. The molecule has 7 nitrogen and oxygen atoms in total. The van der Waals surface area contributed by atoms with Crippen LogP contribution in [0.3, 0.4) is 0 Å². The standard InChI is InChI=1S/C26H23ClN6O/c1-2-34-21-14-12-19(13-15-21)30-24-22-17-29-33(20-9-4-3-5-10-20)25(22)32-26(31-24)28-16-18-8-6-7-11-23(18)27/h3-15,17H,2,16H2,1H3,(H2,28,30,31,32). The van der Waals surface area contributed by atoms with Crippen molar-refractivity contribution in [2.45, 2.75) is 13.5 Å². The van der Waals surface area contributed by atoms with Crippen LogP contribution in [0.2, 0.25) is 5.02 Å². The van der Waals surface area contributed by atoms with Crippen molar-refractivity contribution in [1.82, 2.24) is 19.7 Å². The van der Waals surface area contributed by atoms with Crippen molar-refractivity contribution in [2.75, 3.05) is 17.2 Å². The normalized spacial score (nSPS) is 10.9. The molecule has 0 aliphatic heterocycles. The van der Waals surface area contributed by atoms with Crippen molar-refractivity contribution in [3.05, 3.63) is 95.6 Å².